The van der Waals surface area contributed by atoms with Crippen LogP contribution in [0.15, 0.2) is 54.9 Å². The van der Waals surface area contributed by atoms with E-state index in [0.717, 1.165) is 96.5 Å². The number of hydrogen-bond donors (Lipinski definition) is 0. The number of ether oxygens (including phenoxy) is 3. The van der Waals surface area contributed by atoms with Crippen molar-refractivity contribution in [1.29, 1.82) is 0 Å². The lowest BCUT2D eigenvalue weighted by atomic mass is 9.49. The number of amides is 1. The molecule has 4 bridgehead atoms. The molecule has 47 heavy (non-hydrogen) atoms. The van der Waals surface area contributed by atoms with E-state index in [4.69, 9.17) is 14.2 Å². The highest BCUT2D eigenvalue weighted by Crippen LogP contribution is 2.60. The Labute approximate surface area is 280 Å². The molecule has 0 N–H and O–H groups in total. The second kappa shape index (κ2) is 13.4. The van der Waals surface area contributed by atoms with Crippen LogP contribution in [0.25, 0.3) is 11.1 Å². The van der Waals surface area contributed by atoms with E-state index in [1.165, 1.54) is 44.2 Å². The number of pyridine rings is 1. The van der Waals surface area contributed by atoms with E-state index in [1.807, 2.05) is 43.3 Å². The predicted molar refractivity (Wildman–Crippen MR) is 185 cm³/mol. The summed E-state index contributed by atoms with van der Waals surface area (Å²) in [6.45, 7) is 7.88. The van der Waals surface area contributed by atoms with Crippen molar-refractivity contribution in [2.45, 2.75) is 52.0 Å². The second-order valence-electron chi connectivity index (χ2n) is 14.6. The van der Waals surface area contributed by atoms with E-state index in [0.29, 0.717) is 12.0 Å². The van der Waals surface area contributed by atoms with Crippen LogP contribution in [0.1, 0.15) is 61.4 Å². The third kappa shape index (κ3) is 6.67. The standard InChI is InChI=1S/C39H50N4O4/c1-5-47-34-17-32(23-40-24-34)31-18-36(45-3)35(37(19-31)46-4)25-42-10-12-43(13-11-42)33-8-6-30(7-9-33)38(44)41(2)26-39-20-27-14-28(21-39)16-29(15-27)22-39/h6-9,17-19,23-24,27-29H,5,10-16,20-22,25-26H2,1-4H3. The largest absolute Gasteiger partial charge is 0.496 e. The van der Waals surface area contributed by atoms with Crippen LogP contribution in [-0.4, -0.2) is 81.3 Å². The van der Waals surface area contributed by atoms with Crippen LogP contribution in [0.4, 0.5) is 5.69 Å². The minimum Gasteiger partial charge on any atom is -0.496 e. The van der Waals surface area contributed by atoms with E-state index in [2.05, 4.69) is 39.0 Å². The first-order chi connectivity index (χ1) is 22.8. The van der Waals surface area contributed by atoms with E-state index in [9.17, 15) is 4.79 Å². The molecule has 5 fully saturated rings. The Bertz CT molecular complexity index is 1510. The second-order valence-corrected chi connectivity index (χ2v) is 14.6. The van der Waals surface area contributed by atoms with Crippen molar-refractivity contribution in [3.63, 3.8) is 0 Å². The van der Waals surface area contributed by atoms with Crippen molar-refractivity contribution in [2.75, 3.05) is 65.5 Å². The summed E-state index contributed by atoms with van der Waals surface area (Å²) in [5.74, 6) is 5.22. The van der Waals surface area contributed by atoms with Gasteiger partial charge in [0.15, 0.2) is 0 Å². The van der Waals surface area contributed by atoms with E-state index in [1.54, 1.807) is 20.4 Å². The molecule has 5 aliphatic rings. The van der Waals surface area contributed by atoms with Gasteiger partial charge in [0.25, 0.3) is 5.91 Å². The molecule has 1 amide bonds. The summed E-state index contributed by atoms with van der Waals surface area (Å²) in [4.78, 5) is 24.7. The van der Waals surface area contributed by atoms with Gasteiger partial charge in [0, 0.05) is 69.3 Å². The van der Waals surface area contributed by atoms with Crippen LogP contribution in [0.5, 0.6) is 17.2 Å². The molecule has 0 radical (unpaired) electrons. The maximum atomic E-state index is 13.5. The van der Waals surface area contributed by atoms with Crippen LogP contribution >= 0.6 is 0 Å². The summed E-state index contributed by atoms with van der Waals surface area (Å²) < 4.78 is 17.4. The number of methoxy groups -OCH3 is 2. The van der Waals surface area contributed by atoms with Gasteiger partial charge in [-0.2, -0.15) is 0 Å². The summed E-state index contributed by atoms with van der Waals surface area (Å²) in [5.41, 5.74) is 5.30. The quantitative estimate of drug-likeness (QED) is 0.230. The normalized spacial score (nSPS) is 25.1. The summed E-state index contributed by atoms with van der Waals surface area (Å²) in [6.07, 6.45) is 11.8. The van der Waals surface area contributed by atoms with Crippen LogP contribution in [-0.2, 0) is 6.54 Å². The first-order valence-corrected chi connectivity index (χ1v) is 17.5. The van der Waals surface area contributed by atoms with Crippen molar-refractivity contribution >= 4 is 11.6 Å². The monoisotopic (exact) mass is 638 g/mol. The molecule has 1 aliphatic heterocycles. The summed E-state index contributed by atoms with van der Waals surface area (Å²) in [7, 11) is 5.44. The number of aromatic nitrogens is 1. The Morgan fingerprint density at radius 1 is 0.872 bits per heavy atom. The van der Waals surface area contributed by atoms with Crippen molar-refractivity contribution < 1.29 is 19.0 Å². The Kier molecular flexibility index (Phi) is 9.05. The molecular weight excluding hydrogens is 588 g/mol. The lowest BCUT2D eigenvalue weighted by molar-refractivity contribution is -0.0629. The summed E-state index contributed by atoms with van der Waals surface area (Å²) in [5, 5.41) is 0. The maximum absolute atomic E-state index is 13.5. The SMILES string of the molecule is CCOc1cncc(-c2cc(OC)c(CN3CCN(c4ccc(C(=O)N(C)CC56CC7CC(CC(C7)C5)C6)cc4)CC3)c(OC)c2)c1. The molecule has 4 aliphatic carbocycles. The number of rotatable bonds is 11. The highest BCUT2D eigenvalue weighted by Gasteiger charge is 2.51. The zero-order chi connectivity index (χ0) is 32.5. The van der Waals surface area contributed by atoms with Crippen LogP contribution in [0, 0.1) is 23.2 Å². The number of carbonyl (C=O) groups is 1. The molecule has 4 saturated carbocycles. The zero-order valence-corrected chi connectivity index (χ0v) is 28.5. The van der Waals surface area contributed by atoms with Gasteiger partial charge in [-0.3, -0.25) is 14.7 Å². The topological polar surface area (TPSA) is 67.4 Å². The first-order valence-electron chi connectivity index (χ1n) is 17.5. The third-order valence-corrected chi connectivity index (χ3v) is 11.3. The van der Waals surface area contributed by atoms with E-state index in [-0.39, 0.29) is 5.91 Å². The molecule has 1 saturated heterocycles. The lowest BCUT2D eigenvalue weighted by Gasteiger charge is -2.57. The predicted octanol–water partition coefficient (Wildman–Crippen LogP) is 6.78. The van der Waals surface area contributed by atoms with Crippen molar-refractivity contribution in [3.05, 3.63) is 66.0 Å². The molecule has 3 aromatic rings. The summed E-state index contributed by atoms with van der Waals surface area (Å²) in [6, 6.07) is 14.4. The van der Waals surface area contributed by atoms with Crippen LogP contribution in [0.2, 0.25) is 0 Å². The first kappa shape index (κ1) is 31.8. The van der Waals surface area contributed by atoms with Crippen molar-refractivity contribution in [3.8, 4) is 28.4 Å². The Balaban J connectivity index is 0.959. The Hall–Kier alpha value is -3.78. The molecule has 8 heteroatoms. The smallest absolute Gasteiger partial charge is 0.253 e. The number of piperazine rings is 1. The highest BCUT2D eigenvalue weighted by molar-refractivity contribution is 5.94. The van der Waals surface area contributed by atoms with E-state index < -0.39 is 0 Å². The average Bonchev–Trinajstić information content (AvgIpc) is 3.08. The minimum absolute atomic E-state index is 0.157. The molecule has 1 aromatic heterocycles. The fourth-order valence-corrected chi connectivity index (χ4v) is 9.61. The number of hydrogen-bond acceptors (Lipinski definition) is 7. The fourth-order valence-electron chi connectivity index (χ4n) is 9.61. The lowest BCUT2D eigenvalue weighted by Crippen LogP contribution is -2.51. The molecule has 0 unspecified atom stereocenters. The van der Waals surface area contributed by atoms with E-state index >= 15 is 0 Å². The van der Waals surface area contributed by atoms with Gasteiger partial charge in [0.1, 0.15) is 17.2 Å². The van der Waals surface area contributed by atoms with Gasteiger partial charge in [0.2, 0.25) is 0 Å². The average molecular weight is 639 g/mol. The highest BCUT2D eigenvalue weighted by atomic mass is 16.5. The molecule has 2 aromatic carbocycles. The summed E-state index contributed by atoms with van der Waals surface area (Å²) >= 11 is 0. The molecule has 8 rings (SSSR count). The number of anilines is 1. The van der Waals surface area contributed by atoms with Gasteiger partial charge in [-0.1, -0.05) is 0 Å². The number of nitrogens with zero attached hydrogens (tertiary/aromatic N) is 4. The molecule has 2 heterocycles. The van der Waals surface area contributed by atoms with Gasteiger partial charge in [-0.25, -0.2) is 0 Å². The number of benzene rings is 2. The zero-order valence-electron chi connectivity index (χ0n) is 28.5. The Morgan fingerprint density at radius 2 is 1.49 bits per heavy atom. The van der Waals surface area contributed by atoms with Gasteiger partial charge < -0.3 is 24.0 Å². The van der Waals surface area contributed by atoms with Gasteiger partial charge in [-0.15, -0.1) is 0 Å². The van der Waals surface area contributed by atoms with Crippen LogP contribution in [0.3, 0.4) is 0 Å². The fraction of sp³-hybridized carbons (Fsp3) is 0.538. The molecule has 0 atom stereocenters. The van der Waals surface area contributed by atoms with Crippen molar-refractivity contribution in [1.82, 2.24) is 14.8 Å². The molecular formula is C39H50N4O4. The Morgan fingerprint density at radius 3 is 2.06 bits per heavy atom. The van der Waals surface area contributed by atoms with Crippen molar-refractivity contribution in [2.24, 2.45) is 23.2 Å². The third-order valence-electron chi connectivity index (χ3n) is 11.3. The van der Waals surface area contributed by atoms with Crippen LogP contribution < -0.4 is 19.1 Å². The minimum atomic E-state index is 0.157. The molecule has 8 nitrogen and oxygen atoms in total. The van der Waals surface area contributed by atoms with Gasteiger partial charge in [0.05, 0.1) is 32.6 Å². The van der Waals surface area contributed by atoms with Gasteiger partial charge >= 0.3 is 0 Å². The molecule has 250 valence electrons. The number of carbonyl (C=O) groups excluding carboxylic acids is 1. The van der Waals surface area contributed by atoms with Gasteiger partial charge in [-0.05, 0) is 117 Å². The molecule has 0 spiro atoms. The maximum Gasteiger partial charge on any atom is 0.253 e.